The molecule has 0 radical (unpaired) electrons. The normalized spacial score (nSPS) is 27.6. The zero-order valence-electron chi connectivity index (χ0n) is 11.1. The van der Waals surface area contributed by atoms with Crippen LogP contribution < -0.4 is 0 Å². The molecule has 1 spiro atoms. The molecule has 1 saturated carbocycles. The Kier molecular flexibility index (Phi) is 3.56. The molecule has 4 heteroatoms. The lowest BCUT2D eigenvalue weighted by Gasteiger charge is -2.37. The van der Waals surface area contributed by atoms with Gasteiger partial charge in [-0.3, -0.25) is 0 Å². The number of hydrogen-bond acceptors (Lipinski definition) is 3. The van der Waals surface area contributed by atoms with Crippen molar-refractivity contribution < 1.29 is 18.9 Å². The summed E-state index contributed by atoms with van der Waals surface area (Å²) in [6.45, 7) is 2.57. The van der Waals surface area contributed by atoms with Crippen molar-refractivity contribution in [1.82, 2.24) is 0 Å². The molecule has 2 unspecified atom stereocenters. The van der Waals surface area contributed by atoms with Gasteiger partial charge in [0.1, 0.15) is 11.9 Å². The van der Waals surface area contributed by atoms with Crippen molar-refractivity contribution >= 4 is 0 Å². The second-order valence-corrected chi connectivity index (χ2v) is 5.49. The summed E-state index contributed by atoms with van der Waals surface area (Å²) in [5, 5.41) is 0. The average molecular weight is 266 g/mol. The number of hydrogen-bond donors (Lipinski definition) is 0. The maximum atomic E-state index is 12.9. The molecule has 2 fully saturated rings. The third-order valence-corrected chi connectivity index (χ3v) is 4.15. The van der Waals surface area contributed by atoms with Crippen molar-refractivity contribution in [3.05, 3.63) is 35.6 Å². The van der Waals surface area contributed by atoms with E-state index in [9.17, 15) is 4.39 Å². The van der Waals surface area contributed by atoms with Crippen molar-refractivity contribution in [2.24, 2.45) is 0 Å². The molecule has 1 heterocycles. The van der Waals surface area contributed by atoms with E-state index in [1.165, 1.54) is 12.1 Å². The van der Waals surface area contributed by atoms with Crippen LogP contribution >= 0.6 is 0 Å². The second-order valence-electron chi connectivity index (χ2n) is 5.49. The summed E-state index contributed by atoms with van der Waals surface area (Å²) in [7, 11) is 0. The number of benzene rings is 1. The highest BCUT2D eigenvalue weighted by Gasteiger charge is 2.43. The van der Waals surface area contributed by atoms with E-state index in [0.717, 1.165) is 31.2 Å². The summed E-state index contributed by atoms with van der Waals surface area (Å²) in [5.41, 5.74) is 1.03. The third-order valence-electron chi connectivity index (χ3n) is 4.15. The van der Waals surface area contributed by atoms with Crippen LogP contribution in [0.25, 0.3) is 0 Å². The van der Waals surface area contributed by atoms with E-state index in [0.29, 0.717) is 6.61 Å². The fourth-order valence-corrected chi connectivity index (χ4v) is 2.79. The Hall–Kier alpha value is -0.970. The molecule has 2 aliphatic rings. The van der Waals surface area contributed by atoms with Crippen LogP contribution in [0.3, 0.4) is 0 Å². The fourth-order valence-electron chi connectivity index (χ4n) is 2.79. The molecule has 1 saturated heterocycles. The highest BCUT2D eigenvalue weighted by Crippen LogP contribution is 2.39. The summed E-state index contributed by atoms with van der Waals surface area (Å²) in [6.07, 6.45) is 3.93. The van der Waals surface area contributed by atoms with Gasteiger partial charge in [0.15, 0.2) is 0 Å². The first kappa shape index (κ1) is 13.0. The maximum Gasteiger partial charge on any atom is 0.201 e. The van der Waals surface area contributed by atoms with Gasteiger partial charge in [-0.25, -0.2) is 14.2 Å². The minimum atomic E-state index is -0.501. The summed E-state index contributed by atoms with van der Waals surface area (Å²) in [4.78, 5) is 11.1. The van der Waals surface area contributed by atoms with E-state index >= 15 is 0 Å². The first-order valence-corrected chi connectivity index (χ1v) is 6.92. The third kappa shape index (κ3) is 2.66. The van der Waals surface area contributed by atoms with Gasteiger partial charge in [0.05, 0.1) is 6.61 Å². The highest BCUT2D eigenvalue weighted by atomic mass is 19.1. The van der Waals surface area contributed by atoms with Gasteiger partial charge in [-0.1, -0.05) is 19.1 Å². The Morgan fingerprint density at radius 1 is 1.21 bits per heavy atom. The van der Waals surface area contributed by atoms with Gasteiger partial charge >= 0.3 is 0 Å². The SMILES string of the molecule is CC(c1ccc(F)cc1)C1COC2(CCCC2)OO1. The molecule has 2 atom stereocenters. The van der Waals surface area contributed by atoms with Crippen LogP contribution in [-0.2, 0) is 14.5 Å². The molecule has 104 valence electrons. The fraction of sp³-hybridized carbons (Fsp3) is 0.600. The minimum absolute atomic E-state index is 0.111. The van der Waals surface area contributed by atoms with E-state index in [2.05, 4.69) is 0 Å². The molecule has 0 bridgehead atoms. The van der Waals surface area contributed by atoms with Crippen LogP contribution in [0.2, 0.25) is 0 Å². The lowest BCUT2D eigenvalue weighted by molar-refractivity contribution is -0.486. The molecular weight excluding hydrogens is 247 g/mol. The molecule has 3 nitrogen and oxygen atoms in total. The number of ether oxygens (including phenoxy) is 1. The van der Waals surface area contributed by atoms with E-state index in [-0.39, 0.29) is 17.8 Å². The monoisotopic (exact) mass is 266 g/mol. The first-order valence-electron chi connectivity index (χ1n) is 6.92. The van der Waals surface area contributed by atoms with Gasteiger partial charge in [-0.2, -0.15) is 0 Å². The van der Waals surface area contributed by atoms with Gasteiger partial charge < -0.3 is 4.74 Å². The average Bonchev–Trinajstić information content (AvgIpc) is 2.88. The molecule has 1 aliphatic carbocycles. The molecule has 1 aromatic rings. The van der Waals surface area contributed by atoms with Crippen molar-refractivity contribution in [2.45, 2.75) is 50.4 Å². The summed E-state index contributed by atoms with van der Waals surface area (Å²) >= 11 is 0. The summed E-state index contributed by atoms with van der Waals surface area (Å²) in [6, 6.07) is 6.50. The zero-order chi connectivity index (χ0) is 13.3. The lowest BCUT2D eigenvalue weighted by Crippen LogP contribution is -2.44. The highest BCUT2D eigenvalue weighted by molar-refractivity contribution is 5.21. The Bertz CT molecular complexity index is 416. The van der Waals surface area contributed by atoms with E-state index < -0.39 is 5.79 Å². The molecule has 0 N–H and O–H groups in total. The van der Waals surface area contributed by atoms with Crippen molar-refractivity contribution in [3.8, 4) is 0 Å². The maximum absolute atomic E-state index is 12.9. The van der Waals surface area contributed by atoms with E-state index in [1.807, 2.05) is 6.92 Å². The Labute approximate surface area is 112 Å². The zero-order valence-corrected chi connectivity index (χ0v) is 11.1. The topological polar surface area (TPSA) is 27.7 Å². The van der Waals surface area contributed by atoms with Crippen LogP contribution in [0.15, 0.2) is 24.3 Å². The second kappa shape index (κ2) is 5.19. The van der Waals surface area contributed by atoms with Crippen LogP contribution in [0, 0.1) is 5.82 Å². The molecular formula is C15H19FO3. The Morgan fingerprint density at radius 2 is 1.89 bits per heavy atom. The van der Waals surface area contributed by atoms with Gasteiger partial charge in [0, 0.05) is 18.8 Å². The van der Waals surface area contributed by atoms with Crippen LogP contribution in [0.5, 0.6) is 0 Å². The first-order chi connectivity index (χ1) is 9.19. The van der Waals surface area contributed by atoms with Gasteiger partial charge in [0.25, 0.3) is 0 Å². The van der Waals surface area contributed by atoms with Crippen molar-refractivity contribution in [2.75, 3.05) is 6.61 Å². The minimum Gasteiger partial charge on any atom is -0.344 e. The standard InChI is InChI=1S/C15H19FO3/c1-11(12-4-6-13(16)7-5-12)14-10-17-15(19-18-14)8-2-3-9-15/h4-7,11,14H,2-3,8-10H2,1H3. The molecule has 0 amide bonds. The number of rotatable bonds is 2. The Balaban J connectivity index is 1.63. The molecule has 3 rings (SSSR count). The van der Waals surface area contributed by atoms with Crippen molar-refractivity contribution in [3.63, 3.8) is 0 Å². The van der Waals surface area contributed by atoms with Gasteiger partial charge in [0.2, 0.25) is 5.79 Å². The van der Waals surface area contributed by atoms with E-state index in [1.54, 1.807) is 12.1 Å². The van der Waals surface area contributed by atoms with E-state index in [4.69, 9.17) is 14.5 Å². The molecule has 0 aromatic heterocycles. The molecule has 1 aliphatic heterocycles. The quantitative estimate of drug-likeness (QED) is 0.766. The van der Waals surface area contributed by atoms with Crippen LogP contribution in [0.1, 0.15) is 44.1 Å². The molecule has 1 aromatic carbocycles. The van der Waals surface area contributed by atoms with Crippen molar-refractivity contribution in [1.29, 1.82) is 0 Å². The lowest BCUT2D eigenvalue weighted by atomic mass is 9.95. The predicted molar refractivity (Wildman–Crippen MR) is 67.9 cm³/mol. The van der Waals surface area contributed by atoms with Crippen LogP contribution in [-0.4, -0.2) is 18.5 Å². The smallest absolute Gasteiger partial charge is 0.201 e. The van der Waals surface area contributed by atoms with Gasteiger partial charge in [-0.05, 0) is 30.5 Å². The molecule has 19 heavy (non-hydrogen) atoms. The van der Waals surface area contributed by atoms with Gasteiger partial charge in [-0.15, -0.1) is 0 Å². The summed E-state index contributed by atoms with van der Waals surface area (Å²) in [5.74, 6) is -0.615. The Morgan fingerprint density at radius 3 is 2.47 bits per heavy atom. The number of halogens is 1. The largest absolute Gasteiger partial charge is 0.344 e. The van der Waals surface area contributed by atoms with Crippen LogP contribution in [0.4, 0.5) is 4.39 Å². The predicted octanol–water partition coefficient (Wildman–Crippen LogP) is 3.55. The summed E-state index contributed by atoms with van der Waals surface area (Å²) < 4.78 is 18.8.